The molecule has 5 heteroatoms. The molecule has 1 fully saturated rings. The molecule has 4 heterocycles. The van der Waals surface area contributed by atoms with Crippen LogP contribution in [0, 0.1) is 16.7 Å². The Morgan fingerprint density at radius 2 is 1.77 bits per heavy atom. The Bertz CT molecular complexity index is 1250. The lowest BCUT2D eigenvalue weighted by molar-refractivity contribution is 0.127. The summed E-state index contributed by atoms with van der Waals surface area (Å²) in [6.07, 6.45) is 6.14. The molecule has 3 aromatic heterocycles. The van der Waals surface area contributed by atoms with Crippen molar-refractivity contribution in [3.63, 3.8) is 0 Å². The van der Waals surface area contributed by atoms with Crippen molar-refractivity contribution in [3.05, 3.63) is 60.0 Å². The first kappa shape index (κ1) is 18.8. The Kier molecular flexibility index (Phi) is 4.52. The highest BCUT2D eigenvalue weighted by molar-refractivity contribution is 6.06. The molecular weight excluding hydrogens is 370 g/mol. The molecule has 1 N–H and O–H groups in total. The molecule has 150 valence electrons. The van der Waals surface area contributed by atoms with Crippen LogP contribution in [-0.4, -0.2) is 32.9 Å². The van der Waals surface area contributed by atoms with Gasteiger partial charge in [0.25, 0.3) is 0 Å². The van der Waals surface area contributed by atoms with Gasteiger partial charge in [0.1, 0.15) is 17.4 Å². The van der Waals surface area contributed by atoms with Crippen LogP contribution in [0.3, 0.4) is 0 Å². The zero-order chi connectivity index (χ0) is 20.7. The first-order valence-electron chi connectivity index (χ1n) is 10.5. The molecule has 0 bridgehead atoms. The van der Waals surface area contributed by atoms with Crippen molar-refractivity contribution in [1.82, 2.24) is 19.9 Å². The quantitative estimate of drug-likeness (QED) is 0.513. The summed E-state index contributed by atoms with van der Waals surface area (Å²) in [6.45, 7) is 8.11. The number of fused-ring (bicyclic) bond motifs is 3. The van der Waals surface area contributed by atoms with E-state index in [9.17, 15) is 0 Å². The number of aromatic amines is 1. The van der Waals surface area contributed by atoms with E-state index in [-0.39, 0.29) is 0 Å². The fourth-order valence-corrected chi connectivity index (χ4v) is 4.27. The molecule has 5 nitrogen and oxygen atoms in total. The number of hydrogen-bond acceptors (Lipinski definition) is 4. The predicted molar refractivity (Wildman–Crippen MR) is 120 cm³/mol. The minimum atomic E-state index is 0.416. The van der Waals surface area contributed by atoms with Crippen LogP contribution in [0.4, 0.5) is 0 Å². The van der Waals surface area contributed by atoms with Gasteiger partial charge in [0.15, 0.2) is 0 Å². The van der Waals surface area contributed by atoms with Gasteiger partial charge in [-0.3, -0.25) is 4.90 Å². The van der Waals surface area contributed by atoms with Gasteiger partial charge in [0, 0.05) is 29.1 Å². The van der Waals surface area contributed by atoms with Gasteiger partial charge in [-0.25, -0.2) is 9.97 Å². The average Bonchev–Trinajstić information content (AvgIpc) is 3.13. The topological polar surface area (TPSA) is 68.6 Å². The highest BCUT2D eigenvalue weighted by Gasteiger charge is 2.25. The standard InChI is InChI=1S/C25H25N5/c1-25(2)7-9-30(10-8-25)16-17-3-5-18(6-4-17)19-11-22-21-12-20(13-26)27-15-23(21)29-24(22)28-14-19/h3-6,11-12,14-15H,7-10,16H2,1-2H3,(H,28,29). The number of pyridine rings is 2. The lowest BCUT2D eigenvalue weighted by Crippen LogP contribution is -2.36. The van der Waals surface area contributed by atoms with Gasteiger partial charge in [-0.05, 0) is 54.6 Å². The number of nitriles is 1. The van der Waals surface area contributed by atoms with Crippen LogP contribution < -0.4 is 0 Å². The number of hydrogen-bond donors (Lipinski definition) is 1. The zero-order valence-corrected chi connectivity index (χ0v) is 17.4. The van der Waals surface area contributed by atoms with Crippen LogP contribution in [0.25, 0.3) is 33.1 Å². The third-order valence-corrected chi connectivity index (χ3v) is 6.35. The van der Waals surface area contributed by atoms with Gasteiger partial charge >= 0.3 is 0 Å². The number of aromatic nitrogens is 3. The largest absolute Gasteiger partial charge is 0.338 e. The van der Waals surface area contributed by atoms with E-state index in [0.717, 1.165) is 39.6 Å². The molecule has 1 aliphatic rings. The molecule has 1 aliphatic heterocycles. The van der Waals surface area contributed by atoms with Crippen LogP contribution in [0.1, 0.15) is 37.9 Å². The number of nitrogens with zero attached hydrogens (tertiary/aromatic N) is 4. The maximum absolute atomic E-state index is 9.17. The SMILES string of the molecule is CC1(C)CCN(Cc2ccc(-c3cnc4[nH]c5cnc(C#N)cc5c4c3)cc2)CC1. The molecule has 1 saturated heterocycles. The van der Waals surface area contributed by atoms with Crippen molar-refractivity contribution in [2.24, 2.45) is 5.41 Å². The van der Waals surface area contributed by atoms with Gasteiger partial charge in [0.05, 0.1) is 11.7 Å². The van der Waals surface area contributed by atoms with Crippen molar-refractivity contribution in [2.75, 3.05) is 13.1 Å². The monoisotopic (exact) mass is 395 g/mol. The van der Waals surface area contributed by atoms with E-state index >= 15 is 0 Å². The molecule has 0 atom stereocenters. The molecule has 1 aromatic carbocycles. The van der Waals surface area contributed by atoms with E-state index in [1.165, 1.54) is 31.5 Å². The van der Waals surface area contributed by atoms with Gasteiger partial charge in [-0.2, -0.15) is 5.26 Å². The van der Waals surface area contributed by atoms with E-state index in [1.807, 2.05) is 12.3 Å². The molecule has 0 unspecified atom stereocenters. The Balaban J connectivity index is 1.40. The molecule has 0 spiro atoms. The molecule has 30 heavy (non-hydrogen) atoms. The molecule has 0 radical (unpaired) electrons. The van der Waals surface area contributed by atoms with E-state index in [2.05, 4.69) is 70.1 Å². The summed E-state index contributed by atoms with van der Waals surface area (Å²) in [5.74, 6) is 0. The highest BCUT2D eigenvalue weighted by atomic mass is 15.1. The van der Waals surface area contributed by atoms with Crippen molar-refractivity contribution in [2.45, 2.75) is 33.2 Å². The molecule has 0 saturated carbocycles. The Morgan fingerprint density at radius 3 is 2.50 bits per heavy atom. The van der Waals surface area contributed by atoms with Crippen LogP contribution in [0.2, 0.25) is 0 Å². The van der Waals surface area contributed by atoms with Crippen molar-refractivity contribution < 1.29 is 0 Å². The van der Waals surface area contributed by atoms with Crippen molar-refractivity contribution in [3.8, 4) is 17.2 Å². The summed E-state index contributed by atoms with van der Waals surface area (Å²) in [5, 5.41) is 11.2. The fourth-order valence-electron chi connectivity index (χ4n) is 4.27. The second kappa shape index (κ2) is 7.23. The first-order valence-corrected chi connectivity index (χ1v) is 10.5. The van der Waals surface area contributed by atoms with Gasteiger partial charge in [-0.1, -0.05) is 38.1 Å². The summed E-state index contributed by atoms with van der Waals surface area (Å²) in [5.41, 5.74) is 6.19. The van der Waals surface area contributed by atoms with E-state index in [1.54, 1.807) is 6.20 Å². The van der Waals surface area contributed by atoms with Crippen LogP contribution in [-0.2, 0) is 6.54 Å². The third kappa shape index (κ3) is 3.55. The van der Waals surface area contributed by atoms with Crippen molar-refractivity contribution >= 4 is 21.9 Å². The molecule has 0 aliphatic carbocycles. The Hall–Kier alpha value is -3.23. The normalized spacial score (nSPS) is 16.7. The summed E-state index contributed by atoms with van der Waals surface area (Å²) in [4.78, 5) is 14.6. The minimum absolute atomic E-state index is 0.416. The van der Waals surface area contributed by atoms with Gasteiger partial charge in [0.2, 0.25) is 0 Å². The minimum Gasteiger partial charge on any atom is -0.338 e. The zero-order valence-electron chi connectivity index (χ0n) is 17.4. The van der Waals surface area contributed by atoms with E-state index in [4.69, 9.17) is 5.26 Å². The van der Waals surface area contributed by atoms with Crippen molar-refractivity contribution in [1.29, 1.82) is 5.26 Å². The maximum atomic E-state index is 9.17. The number of piperidine rings is 1. The summed E-state index contributed by atoms with van der Waals surface area (Å²) in [6, 6.07) is 14.9. The lowest BCUT2D eigenvalue weighted by atomic mass is 9.82. The Morgan fingerprint density at radius 1 is 1.00 bits per heavy atom. The second-order valence-corrected chi connectivity index (χ2v) is 9.11. The van der Waals surface area contributed by atoms with Crippen LogP contribution in [0.15, 0.2) is 48.8 Å². The number of likely N-dealkylation sites (tertiary alicyclic amines) is 1. The molecular formula is C25H25N5. The summed E-state index contributed by atoms with van der Waals surface area (Å²) in [7, 11) is 0. The number of nitrogens with one attached hydrogen (secondary N) is 1. The third-order valence-electron chi connectivity index (χ3n) is 6.35. The Labute approximate surface area is 176 Å². The number of benzene rings is 1. The first-order chi connectivity index (χ1) is 14.5. The maximum Gasteiger partial charge on any atom is 0.141 e. The predicted octanol–water partition coefficient (Wildman–Crippen LogP) is 5.27. The number of H-pyrrole nitrogens is 1. The van der Waals surface area contributed by atoms with Crippen LogP contribution in [0.5, 0.6) is 0 Å². The number of rotatable bonds is 3. The highest BCUT2D eigenvalue weighted by Crippen LogP contribution is 2.31. The van der Waals surface area contributed by atoms with Gasteiger partial charge in [-0.15, -0.1) is 0 Å². The smallest absolute Gasteiger partial charge is 0.141 e. The summed E-state index contributed by atoms with van der Waals surface area (Å²) < 4.78 is 0. The van der Waals surface area contributed by atoms with E-state index in [0.29, 0.717) is 11.1 Å². The summed E-state index contributed by atoms with van der Waals surface area (Å²) >= 11 is 0. The average molecular weight is 396 g/mol. The second-order valence-electron chi connectivity index (χ2n) is 9.11. The van der Waals surface area contributed by atoms with Gasteiger partial charge < -0.3 is 4.98 Å². The van der Waals surface area contributed by atoms with E-state index < -0.39 is 0 Å². The molecule has 5 rings (SSSR count). The van der Waals surface area contributed by atoms with Crippen LogP contribution >= 0.6 is 0 Å². The molecule has 4 aromatic rings. The lowest BCUT2D eigenvalue weighted by Gasteiger charge is -2.36. The molecule has 0 amide bonds. The fraction of sp³-hybridized carbons (Fsp3) is 0.320.